The quantitative estimate of drug-likeness (QED) is 0.729. The van der Waals surface area contributed by atoms with Gasteiger partial charge in [0.25, 0.3) is 0 Å². The Morgan fingerprint density at radius 2 is 2.50 bits per heavy atom. The third kappa shape index (κ3) is 2.85. The van der Waals surface area contributed by atoms with Crippen molar-refractivity contribution in [2.75, 3.05) is 11.9 Å². The number of hydrogen-bond donors (Lipinski definition) is 2. The zero-order valence-electron chi connectivity index (χ0n) is 8.53. The monoisotopic (exact) mass is 196 g/mol. The Bertz CT molecular complexity index is 308. The zero-order chi connectivity index (χ0) is 10.6. The summed E-state index contributed by atoms with van der Waals surface area (Å²) in [7, 11) is 1.78. The predicted molar refractivity (Wildman–Crippen MR) is 54.7 cm³/mol. The van der Waals surface area contributed by atoms with Crippen LogP contribution >= 0.6 is 0 Å². The van der Waals surface area contributed by atoms with Crippen molar-refractivity contribution in [3.05, 3.63) is 12.3 Å². The summed E-state index contributed by atoms with van der Waals surface area (Å²) in [6.45, 7) is 2.47. The zero-order valence-corrected chi connectivity index (χ0v) is 8.53. The maximum Gasteiger partial charge on any atom is 0.225 e. The molecule has 0 aliphatic rings. The van der Waals surface area contributed by atoms with Gasteiger partial charge in [0.05, 0.1) is 6.20 Å². The fourth-order valence-electron chi connectivity index (χ4n) is 1.09. The number of aromatic nitrogens is 2. The van der Waals surface area contributed by atoms with Gasteiger partial charge in [0.2, 0.25) is 5.91 Å². The summed E-state index contributed by atoms with van der Waals surface area (Å²) in [6.07, 6.45) is 2.09. The van der Waals surface area contributed by atoms with Crippen LogP contribution in [-0.4, -0.2) is 22.2 Å². The van der Waals surface area contributed by atoms with Crippen LogP contribution < -0.4 is 11.1 Å². The maximum absolute atomic E-state index is 11.4. The average Bonchev–Trinajstić information content (AvgIpc) is 2.51. The first-order valence-corrected chi connectivity index (χ1v) is 4.61. The number of nitrogens with zero attached hydrogens (tertiary/aromatic N) is 2. The normalized spacial score (nSPS) is 12.5. The minimum Gasteiger partial charge on any atom is -0.330 e. The van der Waals surface area contributed by atoms with Crippen molar-refractivity contribution in [3.8, 4) is 0 Å². The minimum atomic E-state index is -0.0217. The third-order valence-electron chi connectivity index (χ3n) is 2.02. The molecule has 1 aromatic heterocycles. The van der Waals surface area contributed by atoms with Crippen molar-refractivity contribution in [2.45, 2.75) is 13.3 Å². The molecule has 0 saturated heterocycles. The molecule has 5 heteroatoms. The Hall–Kier alpha value is -1.36. The van der Waals surface area contributed by atoms with Crippen LogP contribution in [0, 0.1) is 5.92 Å². The van der Waals surface area contributed by atoms with Crippen LogP contribution in [0.15, 0.2) is 12.3 Å². The fourth-order valence-corrected chi connectivity index (χ4v) is 1.09. The molecule has 0 aliphatic carbocycles. The van der Waals surface area contributed by atoms with E-state index in [0.29, 0.717) is 18.8 Å². The highest BCUT2D eigenvalue weighted by atomic mass is 16.1. The van der Waals surface area contributed by atoms with Crippen molar-refractivity contribution in [1.29, 1.82) is 0 Å². The molecular weight excluding hydrogens is 180 g/mol. The fraction of sp³-hybridized carbons (Fsp3) is 0.556. The third-order valence-corrected chi connectivity index (χ3v) is 2.02. The average molecular weight is 196 g/mol. The molecule has 1 atom stereocenters. The van der Waals surface area contributed by atoms with Crippen LogP contribution in [0.4, 0.5) is 5.82 Å². The van der Waals surface area contributed by atoms with E-state index >= 15 is 0 Å². The molecule has 1 aromatic rings. The standard InChI is InChI=1S/C9H16N4O/c1-7(6-10)5-9(14)12-8-3-4-11-13(8)2/h3-4,7H,5-6,10H2,1-2H3,(H,12,14). The van der Waals surface area contributed by atoms with Gasteiger partial charge < -0.3 is 11.1 Å². The molecule has 1 amide bonds. The van der Waals surface area contributed by atoms with Crippen molar-refractivity contribution in [2.24, 2.45) is 18.7 Å². The highest BCUT2D eigenvalue weighted by Gasteiger charge is 2.08. The number of carbonyl (C=O) groups excluding carboxylic acids is 1. The lowest BCUT2D eigenvalue weighted by atomic mass is 10.1. The molecule has 3 N–H and O–H groups in total. The number of hydrogen-bond acceptors (Lipinski definition) is 3. The molecule has 1 heterocycles. The van der Waals surface area contributed by atoms with E-state index in [1.54, 1.807) is 24.0 Å². The molecule has 0 fully saturated rings. The summed E-state index contributed by atoms with van der Waals surface area (Å²) < 4.78 is 1.62. The van der Waals surface area contributed by atoms with Gasteiger partial charge in [-0.05, 0) is 12.5 Å². The lowest BCUT2D eigenvalue weighted by Crippen LogP contribution is -2.21. The first-order valence-electron chi connectivity index (χ1n) is 4.61. The van der Waals surface area contributed by atoms with E-state index in [9.17, 15) is 4.79 Å². The highest BCUT2D eigenvalue weighted by Crippen LogP contribution is 2.06. The lowest BCUT2D eigenvalue weighted by molar-refractivity contribution is -0.116. The Balaban J connectivity index is 2.45. The van der Waals surface area contributed by atoms with Gasteiger partial charge in [-0.15, -0.1) is 0 Å². The number of anilines is 1. The molecule has 0 saturated carbocycles. The van der Waals surface area contributed by atoms with Crippen molar-refractivity contribution >= 4 is 11.7 Å². The van der Waals surface area contributed by atoms with Crippen molar-refractivity contribution in [3.63, 3.8) is 0 Å². The Morgan fingerprint density at radius 1 is 1.79 bits per heavy atom. The molecule has 5 nitrogen and oxygen atoms in total. The smallest absolute Gasteiger partial charge is 0.225 e. The molecule has 0 aliphatic heterocycles. The van der Waals surface area contributed by atoms with Crippen LogP contribution in [0.5, 0.6) is 0 Å². The first-order chi connectivity index (χ1) is 6.63. The molecule has 0 aromatic carbocycles. The molecule has 1 rings (SSSR count). The molecule has 0 radical (unpaired) electrons. The van der Waals surface area contributed by atoms with Gasteiger partial charge in [0, 0.05) is 19.5 Å². The second-order valence-electron chi connectivity index (χ2n) is 3.43. The van der Waals surface area contributed by atoms with Gasteiger partial charge in [-0.2, -0.15) is 5.10 Å². The Labute approximate surface area is 83.3 Å². The topological polar surface area (TPSA) is 72.9 Å². The van der Waals surface area contributed by atoms with Gasteiger partial charge in [0.15, 0.2) is 0 Å². The van der Waals surface area contributed by atoms with Crippen LogP contribution in [0.3, 0.4) is 0 Å². The number of rotatable bonds is 4. The van der Waals surface area contributed by atoms with Crippen LogP contribution in [0.1, 0.15) is 13.3 Å². The van der Waals surface area contributed by atoms with E-state index < -0.39 is 0 Å². The number of aryl methyl sites for hydroxylation is 1. The number of amides is 1. The van der Waals surface area contributed by atoms with Gasteiger partial charge in [-0.3, -0.25) is 9.48 Å². The van der Waals surface area contributed by atoms with Gasteiger partial charge >= 0.3 is 0 Å². The van der Waals surface area contributed by atoms with E-state index in [4.69, 9.17) is 5.73 Å². The van der Waals surface area contributed by atoms with E-state index in [1.807, 2.05) is 6.92 Å². The number of nitrogens with one attached hydrogen (secondary N) is 1. The van der Waals surface area contributed by atoms with Crippen LogP contribution in [0.25, 0.3) is 0 Å². The van der Waals surface area contributed by atoms with E-state index in [1.165, 1.54) is 0 Å². The highest BCUT2D eigenvalue weighted by molar-refractivity contribution is 5.89. The summed E-state index contributed by atoms with van der Waals surface area (Å²) >= 11 is 0. The molecule has 0 spiro atoms. The summed E-state index contributed by atoms with van der Waals surface area (Å²) in [5.74, 6) is 0.897. The summed E-state index contributed by atoms with van der Waals surface area (Å²) in [6, 6.07) is 1.75. The number of carbonyl (C=O) groups is 1. The molecule has 1 unspecified atom stereocenters. The predicted octanol–water partition coefficient (Wildman–Crippen LogP) is 0.343. The first kappa shape index (κ1) is 10.7. The Kier molecular flexibility index (Phi) is 3.64. The molecule has 78 valence electrons. The minimum absolute atomic E-state index is 0.0217. The molecule has 14 heavy (non-hydrogen) atoms. The van der Waals surface area contributed by atoms with E-state index in [0.717, 1.165) is 0 Å². The van der Waals surface area contributed by atoms with Crippen molar-refractivity contribution < 1.29 is 4.79 Å². The summed E-state index contributed by atoms with van der Waals surface area (Å²) in [5.41, 5.74) is 5.43. The second kappa shape index (κ2) is 4.76. The largest absolute Gasteiger partial charge is 0.330 e. The maximum atomic E-state index is 11.4. The van der Waals surface area contributed by atoms with E-state index in [-0.39, 0.29) is 11.8 Å². The van der Waals surface area contributed by atoms with Crippen molar-refractivity contribution in [1.82, 2.24) is 9.78 Å². The second-order valence-corrected chi connectivity index (χ2v) is 3.43. The van der Waals surface area contributed by atoms with E-state index in [2.05, 4.69) is 10.4 Å². The SMILES string of the molecule is CC(CN)CC(=O)Nc1ccnn1C. The number of nitrogens with two attached hydrogens (primary N) is 1. The van der Waals surface area contributed by atoms with Gasteiger partial charge in [-0.1, -0.05) is 6.92 Å². The molecular formula is C9H16N4O. The summed E-state index contributed by atoms with van der Waals surface area (Å²) in [4.78, 5) is 11.4. The lowest BCUT2D eigenvalue weighted by Gasteiger charge is -2.08. The Morgan fingerprint density at radius 3 is 3.00 bits per heavy atom. The van der Waals surface area contributed by atoms with Crippen LogP contribution in [-0.2, 0) is 11.8 Å². The van der Waals surface area contributed by atoms with Crippen LogP contribution in [0.2, 0.25) is 0 Å². The summed E-state index contributed by atoms with van der Waals surface area (Å²) in [5, 5.41) is 6.71. The van der Waals surface area contributed by atoms with Gasteiger partial charge in [0.1, 0.15) is 5.82 Å². The molecule has 0 bridgehead atoms. The van der Waals surface area contributed by atoms with Gasteiger partial charge in [-0.25, -0.2) is 0 Å².